The van der Waals surface area contributed by atoms with Crippen molar-refractivity contribution in [1.82, 2.24) is 10.2 Å². The number of likely N-dealkylation sites (tertiary alicyclic amines) is 1. The van der Waals surface area contributed by atoms with Crippen LogP contribution in [0.15, 0.2) is 42.5 Å². The van der Waals surface area contributed by atoms with Crippen LogP contribution in [-0.2, 0) is 4.79 Å². The van der Waals surface area contributed by atoms with E-state index in [0.717, 1.165) is 24.0 Å². The van der Waals surface area contributed by atoms with Crippen molar-refractivity contribution in [2.24, 2.45) is 5.92 Å². The van der Waals surface area contributed by atoms with E-state index in [1.165, 1.54) is 0 Å². The third-order valence-electron chi connectivity index (χ3n) is 6.08. The van der Waals surface area contributed by atoms with Gasteiger partial charge in [0.15, 0.2) is 0 Å². The molecule has 2 aromatic carbocycles. The lowest BCUT2D eigenvalue weighted by Gasteiger charge is -2.21. The third kappa shape index (κ3) is 3.99. The number of benzene rings is 2. The van der Waals surface area contributed by atoms with Gasteiger partial charge >= 0.3 is 0 Å². The molecule has 1 saturated carbocycles. The maximum atomic E-state index is 13.2. The summed E-state index contributed by atoms with van der Waals surface area (Å²) >= 11 is 0. The summed E-state index contributed by atoms with van der Waals surface area (Å²) in [4.78, 5) is 28.1. The van der Waals surface area contributed by atoms with Gasteiger partial charge in [-0.25, -0.2) is 0 Å². The number of amides is 2. The standard InChI is InChI=1S/C24H28N2O4/c1-15-6-4-5-7-18(15)24(28)26-13-20(21(14-26)23(27)25-16-8-9-16)19-11-10-17(29-2)12-22(19)30-3/h4-7,10-12,16,20-21H,8-9,13-14H2,1-3H3,(H,25,27)/t20-,21+/m0/s1. The number of methoxy groups -OCH3 is 2. The number of aryl methyl sites for hydroxylation is 1. The first kappa shape index (κ1) is 20.3. The second-order valence-electron chi connectivity index (χ2n) is 8.13. The Kier molecular flexibility index (Phi) is 5.66. The Bertz CT molecular complexity index is 954. The normalized spacial score (nSPS) is 20.7. The molecule has 6 heteroatoms. The van der Waals surface area contributed by atoms with Gasteiger partial charge in [-0.05, 0) is 37.5 Å². The highest BCUT2D eigenvalue weighted by atomic mass is 16.5. The second kappa shape index (κ2) is 8.38. The van der Waals surface area contributed by atoms with Crippen LogP contribution in [0.4, 0.5) is 0 Å². The summed E-state index contributed by atoms with van der Waals surface area (Å²) in [7, 11) is 3.22. The number of hydrogen-bond acceptors (Lipinski definition) is 4. The molecule has 1 N–H and O–H groups in total. The zero-order valence-electron chi connectivity index (χ0n) is 17.7. The highest BCUT2D eigenvalue weighted by molar-refractivity contribution is 5.96. The Morgan fingerprint density at radius 2 is 1.80 bits per heavy atom. The van der Waals surface area contributed by atoms with Crippen molar-refractivity contribution in [2.45, 2.75) is 31.7 Å². The van der Waals surface area contributed by atoms with Crippen LogP contribution in [0, 0.1) is 12.8 Å². The Morgan fingerprint density at radius 3 is 2.47 bits per heavy atom. The molecular weight excluding hydrogens is 380 g/mol. The minimum absolute atomic E-state index is 0.0143. The minimum Gasteiger partial charge on any atom is -0.497 e. The van der Waals surface area contributed by atoms with Crippen LogP contribution < -0.4 is 14.8 Å². The summed E-state index contributed by atoms with van der Waals surface area (Å²) in [6.45, 7) is 2.80. The van der Waals surface area contributed by atoms with Crippen molar-refractivity contribution in [3.63, 3.8) is 0 Å². The molecule has 1 aliphatic heterocycles. The van der Waals surface area contributed by atoms with E-state index < -0.39 is 0 Å². The second-order valence-corrected chi connectivity index (χ2v) is 8.13. The average molecular weight is 408 g/mol. The SMILES string of the molecule is COc1ccc([C@@H]2CN(C(=O)c3ccccc3C)C[C@H]2C(=O)NC2CC2)c(OC)c1. The fraction of sp³-hybridized carbons (Fsp3) is 0.417. The molecule has 0 bridgehead atoms. The molecule has 1 saturated heterocycles. The maximum Gasteiger partial charge on any atom is 0.254 e. The molecule has 2 fully saturated rings. The Balaban J connectivity index is 1.65. The zero-order valence-corrected chi connectivity index (χ0v) is 17.7. The van der Waals surface area contributed by atoms with Crippen LogP contribution >= 0.6 is 0 Å². The van der Waals surface area contributed by atoms with Crippen molar-refractivity contribution in [1.29, 1.82) is 0 Å². The molecule has 2 amide bonds. The van der Waals surface area contributed by atoms with Crippen LogP contribution in [0.1, 0.15) is 40.2 Å². The summed E-state index contributed by atoms with van der Waals surface area (Å²) in [5.74, 6) is 0.889. The molecule has 0 aromatic heterocycles. The number of carbonyl (C=O) groups excluding carboxylic acids is 2. The molecule has 158 valence electrons. The van der Waals surface area contributed by atoms with Crippen molar-refractivity contribution in [3.05, 3.63) is 59.2 Å². The molecule has 0 spiro atoms. The molecule has 2 aliphatic rings. The minimum atomic E-state index is -0.319. The average Bonchev–Trinajstić information content (AvgIpc) is 3.47. The van der Waals surface area contributed by atoms with E-state index in [1.807, 2.05) is 49.4 Å². The van der Waals surface area contributed by atoms with E-state index in [9.17, 15) is 9.59 Å². The lowest BCUT2D eigenvalue weighted by molar-refractivity contribution is -0.125. The van der Waals surface area contributed by atoms with Gasteiger partial charge in [0.25, 0.3) is 5.91 Å². The molecule has 1 heterocycles. The number of rotatable bonds is 6. The van der Waals surface area contributed by atoms with E-state index in [-0.39, 0.29) is 29.7 Å². The Labute approximate surface area is 177 Å². The van der Waals surface area contributed by atoms with Gasteiger partial charge in [0.2, 0.25) is 5.91 Å². The van der Waals surface area contributed by atoms with Gasteiger partial charge in [0.1, 0.15) is 11.5 Å². The van der Waals surface area contributed by atoms with Gasteiger partial charge in [0.05, 0.1) is 20.1 Å². The van der Waals surface area contributed by atoms with Gasteiger partial charge in [-0.1, -0.05) is 24.3 Å². The Hall–Kier alpha value is -3.02. The highest BCUT2D eigenvalue weighted by Crippen LogP contribution is 2.40. The van der Waals surface area contributed by atoms with Gasteiger partial charge in [-0.3, -0.25) is 9.59 Å². The molecule has 0 radical (unpaired) electrons. The summed E-state index contributed by atoms with van der Waals surface area (Å²) < 4.78 is 10.9. The van der Waals surface area contributed by atoms with Gasteiger partial charge in [-0.2, -0.15) is 0 Å². The smallest absolute Gasteiger partial charge is 0.254 e. The predicted octanol–water partition coefficient (Wildman–Crippen LogP) is 3.15. The number of nitrogens with one attached hydrogen (secondary N) is 1. The first-order valence-electron chi connectivity index (χ1n) is 10.4. The van der Waals surface area contributed by atoms with E-state index in [4.69, 9.17) is 9.47 Å². The van der Waals surface area contributed by atoms with E-state index in [2.05, 4.69) is 5.32 Å². The number of carbonyl (C=O) groups is 2. The number of hydrogen-bond donors (Lipinski definition) is 1. The molecule has 6 nitrogen and oxygen atoms in total. The predicted molar refractivity (Wildman–Crippen MR) is 114 cm³/mol. The van der Waals surface area contributed by atoms with Crippen LogP contribution in [0.25, 0.3) is 0 Å². The van der Waals surface area contributed by atoms with Crippen LogP contribution in [0.3, 0.4) is 0 Å². The lowest BCUT2D eigenvalue weighted by atomic mass is 9.87. The molecule has 2 atom stereocenters. The lowest BCUT2D eigenvalue weighted by Crippen LogP contribution is -2.36. The first-order valence-corrected chi connectivity index (χ1v) is 10.4. The van der Waals surface area contributed by atoms with E-state index in [1.54, 1.807) is 19.1 Å². The topological polar surface area (TPSA) is 67.9 Å². The van der Waals surface area contributed by atoms with Crippen LogP contribution in [0.5, 0.6) is 11.5 Å². The molecule has 4 rings (SSSR count). The summed E-state index contributed by atoms with van der Waals surface area (Å²) in [6, 6.07) is 13.5. The highest BCUT2D eigenvalue weighted by Gasteiger charge is 2.43. The van der Waals surface area contributed by atoms with E-state index >= 15 is 0 Å². The van der Waals surface area contributed by atoms with Gasteiger partial charge < -0.3 is 19.7 Å². The molecular formula is C24H28N2O4. The van der Waals surface area contributed by atoms with Crippen molar-refractivity contribution in [3.8, 4) is 11.5 Å². The number of nitrogens with zero attached hydrogens (tertiary/aromatic N) is 1. The molecule has 30 heavy (non-hydrogen) atoms. The molecule has 1 aliphatic carbocycles. The fourth-order valence-electron chi connectivity index (χ4n) is 4.19. The van der Waals surface area contributed by atoms with Crippen molar-refractivity contribution >= 4 is 11.8 Å². The number of ether oxygens (including phenoxy) is 2. The summed E-state index contributed by atoms with van der Waals surface area (Å²) in [6.07, 6.45) is 2.06. The van der Waals surface area contributed by atoms with Gasteiger partial charge in [0, 0.05) is 42.2 Å². The first-order chi connectivity index (χ1) is 14.5. The quantitative estimate of drug-likeness (QED) is 0.797. The van der Waals surface area contributed by atoms with Gasteiger partial charge in [-0.15, -0.1) is 0 Å². The van der Waals surface area contributed by atoms with Crippen LogP contribution in [-0.4, -0.2) is 50.1 Å². The van der Waals surface area contributed by atoms with E-state index in [0.29, 0.717) is 30.2 Å². The fourth-order valence-corrected chi connectivity index (χ4v) is 4.19. The largest absolute Gasteiger partial charge is 0.497 e. The summed E-state index contributed by atoms with van der Waals surface area (Å²) in [5, 5.41) is 3.12. The zero-order chi connectivity index (χ0) is 21.3. The Morgan fingerprint density at radius 1 is 1.03 bits per heavy atom. The third-order valence-corrected chi connectivity index (χ3v) is 6.08. The molecule has 0 unspecified atom stereocenters. The van der Waals surface area contributed by atoms with Crippen molar-refractivity contribution in [2.75, 3.05) is 27.3 Å². The maximum absolute atomic E-state index is 13.2. The molecule has 2 aromatic rings. The monoisotopic (exact) mass is 408 g/mol. The van der Waals surface area contributed by atoms with Crippen molar-refractivity contribution < 1.29 is 19.1 Å². The van der Waals surface area contributed by atoms with Crippen LogP contribution in [0.2, 0.25) is 0 Å². The summed E-state index contributed by atoms with van der Waals surface area (Å²) in [5.41, 5.74) is 2.54.